The molecule has 1 saturated carbocycles. The van der Waals surface area contributed by atoms with Crippen molar-refractivity contribution >= 4 is 27.5 Å². The summed E-state index contributed by atoms with van der Waals surface area (Å²) in [6.45, 7) is 2.79. The smallest absolute Gasteiger partial charge is 0.139 e. The van der Waals surface area contributed by atoms with E-state index in [4.69, 9.17) is 26.8 Å². The molecule has 2 N–H and O–H groups in total. The van der Waals surface area contributed by atoms with Crippen molar-refractivity contribution in [1.29, 1.82) is 0 Å². The summed E-state index contributed by atoms with van der Waals surface area (Å²) in [5.74, 6) is 0.674. The van der Waals surface area contributed by atoms with E-state index in [-0.39, 0.29) is 18.2 Å². The molecular weight excluding hydrogens is 318 g/mol. The maximum atomic E-state index is 6.09. The van der Waals surface area contributed by atoms with Crippen LogP contribution in [0.15, 0.2) is 22.7 Å². The third kappa shape index (κ3) is 3.18. The van der Waals surface area contributed by atoms with Gasteiger partial charge >= 0.3 is 0 Å². The van der Waals surface area contributed by atoms with Gasteiger partial charge in [0.25, 0.3) is 0 Å². The minimum Gasteiger partial charge on any atom is -0.486 e. The van der Waals surface area contributed by atoms with Crippen LogP contribution in [0.25, 0.3) is 0 Å². The molecule has 0 aromatic heterocycles. The molecule has 0 amide bonds. The van der Waals surface area contributed by atoms with Crippen molar-refractivity contribution in [3.8, 4) is 5.75 Å². The maximum Gasteiger partial charge on any atom is 0.139 e. The molecule has 1 fully saturated rings. The first-order chi connectivity index (χ1) is 8.61. The average molecular weight is 335 g/mol. The predicted octanol–water partition coefficient (Wildman–Crippen LogP) is 3.38. The Labute approximate surface area is 121 Å². The van der Waals surface area contributed by atoms with Crippen LogP contribution in [0.2, 0.25) is 5.02 Å². The monoisotopic (exact) mass is 333 g/mol. The van der Waals surface area contributed by atoms with Gasteiger partial charge in [0.05, 0.1) is 5.02 Å². The van der Waals surface area contributed by atoms with E-state index >= 15 is 0 Å². The van der Waals surface area contributed by atoms with Crippen LogP contribution in [0.1, 0.15) is 19.8 Å². The molecule has 0 saturated heterocycles. The summed E-state index contributed by atoms with van der Waals surface area (Å²) < 4.78 is 12.5. The minimum absolute atomic E-state index is 0.00153. The fourth-order valence-electron chi connectivity index (χ4n) is 1.95. The van der Waals surface area contributed by atoms with Gasteiger partial charge in [-0.05, 0) is 24.6 Å². The highest BCUT2D eigenvalue weighted by Crippen LogP contribution is 2.33. The highest BCUT2D eigenvalue weighted by Gasteiger charge is 2.41. The summed E-state index contributed by atoms with van der Waals surface area (Å²) in [6, 6.07) is 5.62. The fourth-order valence-corrected chi connectivity index (χ4v) is 2.45. The molecule has 0 aliphatic heterocycles. The van der Waals surface area contributed by atoms with Crippen LogP contribution < -0.4 is 10.5 Å². The fraction of sp³-hybridized carbons (Fsp3) is 0.538. The number of rotatable bonds is 5. The Morgan fingerprint density at radius 3 is 2.94 bits per heavy atom. The molecule has 1 aromatic rings. The van der Waals surface area contributed by atoms with Crippen LogP contribution >= 0.6 is 27.5 Å². The molecule has 1 aromatic carbocycles. The Morgan fingerprint density at radius 2 is 2.28 bits per heavy atom. The lowest BCUT2D eigenvalue weighted by Crippen LogP contribution is -2.59. The number of ether oxygens (including phenoxy) is 2. The zero-order valence-corrected chi connectivity index (χ0v) is 12.6. The Kier molecular flexibility index (Phi) is 4.90. The SMILES string of the molecule is CCCOC1C(N)CC1Oc1cc(Br)ccc1Cl. The van der Waals surface area contributed by atoms with Crippen LogP contribution in [0, 0.1) is 0 Å². The lowest BCUT2D eigenvalue weighted by Gasteiger charge is -2.41. The number of hydrogen-bond acceptors (Lipinski definition) is 3. The topological polar surface area (TPSA) is 44.5 Å². The number of nitrogens with two attached hydrogens (primary N) is 1. The van der Waals surface area contributed by atoms with E-state index in [0.717, 1.165) is 17.3 Å². The van der Waals surface area contributed by atoms with E-state index < -0.39 is 0 Å². The molecule has 0 spiro atoms. The number of benzene rings is 1. The first-order valence-electron chi connectivity index (χ1n) is 6.10. The Bertz CT molecular complexity index is 416. The molecule has 3 unspecified atom stereocenters. The van der Waals surface area contributed by atoms with Gasteiger partial charge in [0.2, 0.25) is 0 Å². The van der Waals surface area contributed by atoms with Crippen molar-refractivity contribution in [2.45, 2.75) is 38.0 Å². The van der Waals surface area contributed by atoms with Crippen LogP contribution in [-0.2, 0) is 4.74 Å². The normalized spacial score (nSPS) is 26.8. The molecule has 1 aliphatic rings. The Hall–Kier alpha value is -0.290. The van der Waals surface area contributed by atoms with Crippen LogP contribution in [-0.4, -0.2) is 24.9 Å². The molecule has 100 valence electrons. The van der Waals surface area contributed by atoms with Crippen LogP contribution in [0.3, 0.4) is 0 Å². The van der Waals surface area contributed by atoms with E-state index in [1.54, 1.807) is 0 Å². The highest BCUT2D eigenvalue weighted by molar-refractivity contribution is 9.10. The summed E-state index contributed by atoms with van der Waals surface area (Å²) in [7, 11) is 0. The molecule has 1 aliphatic carbocycles. The quantitative estimate of drug-likeness (QED) is 0.898. The maximum absolute atomic E-state index is 6.09. The van der Waals surface area contributed by atoms with Gasteiger partial charge in [0.15, 0.2) is 0 Å². The van der Waals surface area contributed by atoms with E-state index in [1.807, 2.05) is 18.2 Å². The molecule has 3 atom stereocenters. The second-order valence-electron chi connectivity index (χ2n) is 4.47. The third-order valence-corrected chi connectivity index (χ3v) is 3.78. The van der Waals surface area contributed by atoms with Crippen LogP contribution in [0.5, 0.6) is 5.75 Å². The van der Waals surface area contributed by atoms with E-state index in [1.165, 1.54) is 0 Å². The molecule has 0 radical (unpaired) electrons. The van der Waals surface area contributed by atoms with E-state index in [0.29, 0.717) is 17.4 Å². The van der Waals surface area contributed by atoms with E-state index in [2.05, 4.69) is 22.9 Å². The largest absolute Gasteiger partial charge is 0.486 e. The Balaban J connectivity index is 1.98. The van der Waals surface area contributed by atoms with Gasteiger partial charge < -0.3 is 15.2 Å². The molecular formula is C13H17BrClNO2. The molecule has 2 rings (SSSR count). The van der Waals surface area contributed by atoms with Crippen molar-refractivity contribution in [1.82, 2.24) is 0 Å². The lowest BCUT2D eigenvalue weighted by atomic mass is 9.86. The van der Waals surface area contributed by atoms with Gasteiger partial charge in [-0.25, -0.2) is 0 Å². The van der Waals surface area contributed by atoms with Crippen LogP contribution in [0.4, 0.5) is 0 Å². The Morgan fingerprint density at radius 1 is 1.50 bits per heavy atom. The molecule has 5 heteroatoms. The van der Waals surface area contributed by atoms with Gasteiger partial charge in [-0.1, -0.05) is 34.5 Å². The van der Waals surface area contributed by atoms with Gasteiger partial charge in [-0.2, -0.15) is 0 Å². The molecule has 3 nitrogen and oxygen atoms in total. The van der Waals surface area contributed by atoms with Crippen molar-refractivity contribution in [3.63, 3.8) is 0 Å². The summed E-state index contributed by atoms with van der Waals surface area (Å²) >= 11 is 9.49. The van der Waals surface area contributed by atoms with Crippen molar-refractivity contribution < 1.29 is 9.47 Å². The van der Waals surface area contributed by atoms with Crippen molar-refractivity contribution in [3.05, 3.63) is 27.7 Å². The zero-order chi connectivity index (χ0) is 13.1. The summed E-state index contributed by atoms with van der Waals surface area (Å²) in [4.78, 5) is 0. The molecule has 0 bridgehead atoms. The summed E-state index contributed by atoms with van der Waals surface area (Å²) in [6.07, 6.45) is 1.75. The van der Waals surface area contributed by atoms with Gasteiger partial charge in [0, 0.05) is 23.5 Å². The van der Waals surface area contributed by atoms with E-state index in [9.17, 15) is 0 Å². The number of hydrogen-bond donors (Lipinski definition) is 1. The lowest BCUT2D eigenvalue weighted by molar-refractivity contribution is -0.0979. The van der Waals surface area contributed by atoms with Crippen molar-refractivity contribution in [2.75, 3.05) is 6.61 Å². The summed E-state index contributed by atoms with van der Waals surface area (Å²) in [5, 5.41) is 0.605. The minimum atomic E-state index is -0.0278. The van der Waals surface area contributed by atoms with Gasteiger partial charge in [0.1, 0.15) is 18.0 Å². The average Bonchev–Trinajstić information content (AvgIpc) is 2.33. The first-order valence-corrected chi connectivity index (χ1v) is 7.27. The van der Waals surface area contributed by atoms with Gasteiger partial charge in [-0.3, -0.25) is 0 Å². The summed E-state index contributed by atoms with van der Waals surface area (Å²) in [5.41, 5.74) is 5.93. The second-order valence-corrected chi connectivity index (χ2v) is 5.79. The highest BCUT2D eigenvalue weighted by atomic mass is 79.9. The molecule has 18 heavy (non-hydrogen) atoms. The third-order valence-electron chi connectivity index (χ3n) is 2.98. The standard InChI is InChI=1S/C13H17BrClNO2/c1-2-5-17-13-10(16)7-12(13)18-11-6-8(14)3-4-9(11)15/h3-4,6,10,12-13H,2,5,7,16H2,1H3. The van der Waals surface area contributed by atoms with Crippen molar-refractivity contribution in [2.24, 2.45) is 5.73 Å². The number of halogens is 2. The second kappa shape index (κ2) is 6.24. The molecule has 0 heterocycles. The first kappa shape index (κ1) is 14.1. The predicted molar refractivity (Wildman–Crippen MR) is 76.2 cm³/mol. The zero-order valence-electron chi connectivity index (χ0n) is 10.2. The van der Waals surface area contributed by atoms with Gasteiger partial charge in [-0.15, -0.1) is 0 Å².